The van der Waals surface area contributed by atoms with Gasteiger partial charge in [0, 0.05) is 0 Å². The van der Waals surface area contributed by atoms with Crippen LogP contribution >= 0.6 is 11.8 Å². The number of carbonyl (C=O) groups is 1. The van der Waals surface area contributed by atoms with Gasteiger partial charge in [0.05, 0.1) is 23.9 Å². The lowest BCUT2D eigenvalue weighted by Gasteiger charge is -2.14. The Hall–Kier alpha value is -2.08. The van der Waals surface area contributed by atoms with Crippen LogP contribution in [0.3, 0.4) is 0 Å². The van der Waals surface area contributed by atoms with E-state index >= 15 is 0 Å². The fourth-order valence-electron chi connectivity index (χ4n) is 3.00. The van der Waals surface area contributed by atoms with E-state index in [-0.39, 0.29) is 16.8 Å². The number of hydrogen-bond acceptors (Lipinski definition) is 4. The van der Waals surface area contributed by atoms with Crippen LogP contribution in [0.25, 0.3) is 11.1 Å². The lowest BCUT2D eigenvalue weighted by Crippen LogP contribution is -2.10. The van der Waals surface area contributed by atoms with Crippen LogP contribution in [0.4, 0.5) is 8.78 Å². The van der Waals surface area contributed by atoms with E-state index in [1.165, 1.54) is 32.1 Å². The largest absolute Gasteiger partial charge is 0.490 e. The summed E-state index contributed by atoms with van der Waals surface area (Å²) in [5.74, 6) is -1.37. The van der Waals surface area contributed by atoms with Crippen molar-refractivity contribution in [2.75, 3.05) is 12.9 Å². The number of thioether (sulfide) groups is 1. The number of carbonyl (C=O) groups excluding carboxylic acids is 1. The monoisotopic (exact) mass is 378 g/mol. The fraction of sp³-hybridized carbons (Fsp3) is 0.350. The van der Waals surface area contributed by atoms with E-state index in [4.69, 9.17) is 4.74 Å². The first kappa shape index (κ1) is 18.7. The molecule has 0 amide bonds. The van der Waals surface area contributed by atoms with Crippen LogP contribution in [0.15, 0.2) is 41.3 Å². The van der Waals surface area contributed by atoms with Gasteiger partial charge in [-0.25, -0.2) is 8.78 Å². The Morgan fingerprint density at radius 3 is 2.46 bits per heavy atom. The summed E-state index contributed by atoms with van der Waals surface area (Å²) >= 11 is 0.785. The van der Waals surface area contributed by atoms with Crippen LogP contribution in [0, 0.1) is 11.6 Å². The standard InChI is InChI=1S/C20H20F2O3S/c1-24-19(23)12-26-20-17(21)10-14(11-18(20)22)13-5-4-8-16(9-13)25-15-6-2-3-7-15/h4-5,8-11,15H,2-3,6-7,12H2,1H3. The molecule has 0 spiro atoms. The molecule has 0 saturated heterocycles. The third-order valence-corrected chi connectivity index (χ3v) is 5.39. The van der Waals surface area contributed by atoms with Crippen LogP contribution in [0.2, 0.25) is 0 Å². The molecule has 3 nitrogen and oxygen atoms in total. The van der Waals surface area contributed by atoms with Gasteiger partial charge in [-0.1, -0.05) is 12.1 Å². The highest BCUT2D eigenvalue weighted by molar-refractivity contribution is 8.00. The normalized spacial score (nSPS) is 14.4. The van der Waals surface area contributed by atoms with Gasteiger partial charge in [-0.2, -0.15) is 0 Å². The topological polar surface area (TPSA) is 35.5 Å². The number of methoxy groups -OCH3 is 1. The molecule has 3 rings (SSSR count). The molecule has 6 heteroatoms. The molecule has 0 bridgehead atoms. The van der Waals surface area contributed by atoms with E-state index in [0.29, 0.717) is 16.9 Å². The predicted molar refractivity (Wildman–Crippen MR) is 97.4 cm³/mol. The lowest BCUT2D eigenvalue weighted by atomic mass is 10.1. The van der Waals surface area contributed by atoms with Crippen molar-refractivity contribution in [1.29, 1.82) is 0 Å². The van der Waals surface area contributed by atoms with Gasteiger partial charge in [-0.05, 0) is 61.1 Å². The zero-order valence-electron chi connectivity index (χ0n) is 14.5. The van der Waals surface area contributed by atoms with E-state index in [9.17, 15) is 13.6 Å². The molecule has 0 heterocycles. The van der Waals surface area contributed by atoms with E-state index in [1.54, 1.807) is 12.1 Å². The predicted octanol–water partition coefficient (Wildman–Crippen LogP) is 5.22. The van der Waals surface area contributed by atoms with Gasteiger partial charge in [0.1, 0.15) is 17.4 Å². The summed E-state index contributed by atoms with van der Waals surface area (Å²) in [7, 11) is 1.24. The molecule has 0 aromatic heterocycles. The molecule has 26 heavy (non-hydrogen) atoms. The van der Waals surface area contributed by atoms with Crippen LogP contribution in [-0.2, 0) is 9.53 Å². The minimum Gasteiger partial charge on any atom is -0.490 e. The molecule has 0 unspecified atom stereocenters. The Kier molecular flexibility index (Phi) is 6.14. The van der Waals surface area contributed by atoms with Crippen molar-refractivity contribution < 1.29 is 23.0 Å². The van der Waals surface area contributed by atoms with E-state index in [1.807, 2.05) is 12.1 Å². The quantitative estimate of drug-likeness (QED) is 0.510. The van der Waals surface area contributed by atoms with E-state index in [0.717, 1.165) is 24.6 Å². The van der Waals surface area contributed by atoms with Gasteiger partial charge in [-0.15, -0.1) is 11.8 Å². The fourth-order valence-corrected chi connectivity index (χ4v) is 3.78. The summed E-state index contributed by atoms with van der Waals surface area (Å²) in [5, 5.41) is 0. The molecule has 0 N–H and O–H groups in total. The Morgan fingerprint density at radius 1 is 1.12 bits per heavy atom. The van der Waals surface area contributed by atoms with Crippen molar-refractivity contribution in [3.63, 3.8) is 0 Å². The molecule has 1 saturated carbocycles. The average molecular weight is 378 g/mol. The summed E-state index contributed by atoms with van der Waals surface area (Å²) < 4.78 is 39.1. The van der Waals surface area contributed by atoms with Crippen molar-refractivity contribution in [1.82, 2.24) is 0 Å². The molecular weight excluding hydrogens is 358 g/mol. The van der Waals surface area contributed by atoms with Crippen LogP contribution in [0.5, 0.6) is 5.75 Å². The Balaban J connectivity index is 1.79. The number of halogens is 2. The second kappa shape index (κ2) is 8.54. The molecule has 0 aliphatic heterocycles. The smallest absolute Gasteiger partial charge is 0.315 e. The maximum Gasteiger partial charge on any atom is 0.315 e. The molecule has 0 radical (unpaired) electrons. The van der Waals surface area contributed by atoms with Crippen molar-refractivity contribution in [3.8, 4) is 16.9 Å². The maximum atomic E-state index is 14.3. The van der Waals surface area contributed by atoms with E-state index < -0.39 is 17.6 Å². The SMILES string of the molecule is COC(=O)CSc1c(F)cc(-c2cccc(OC3CCCC3)c2)cc1F. The molecule has 1 aliphatic carbocycles. The molecule has 2 aromatic rings. The highest BCUT2D eigenvalue weighted by Gasteiger charge is 2.18. The molecular formula is C20H20F2O3S. The summed E-state index contributed by atoms with van der Waals surface area (Å²) in [6.45, 7) is 0. The highest BCUT2D eigenvalue weighted by atomic mass is 32.2. The number of esters is 1. The van der Waals surface area contributed by atoms with Gasteiger partial charge in [-0.3, -0.25) is 4.79 Å². The second-order valence-corrected chi connectivity index (χ2v) is 7.17. The highest BCUT2D eigenvalue weighted by Crippen LogP contribution is 2.32. The summed E-state index contributed by atoms with van der Waals surface area (Å²) in [4.78, 5) is 11.0. The molecule has 138 valence electrons. The second-order valence-electron chi connectivity index (χ2n) is 6.19. The number of hydrogen-bond donors (Lipinski definition) is 0. The van der Waals surface area contributed by atoms with Crippen molar-refractivity contribution in [2.24, 2.45) is 0 Å². The van der Waals surface area contributed by atoms with Crippen molar-refractivity contribution in [2.45, 2.75) is 36.7 Å². The van der Waals surface area contributed by atoms with Crippen LogP contribution in [0.1, 0.15) is 25.7 Å². The lowest BCUT2D eigenvalue weighted by molar-refractivity contribution is -0.137. The molecule has 2 aromatic carbocycles. The van der Waals surface area contributed by atoms with Crippen LogP contribution in [-0.4, -0.2) is 24.9 Å². The van der Waals surface area contributed by atoms with Crippen molar-refractivity contribution >= 4 is 17.7 Å². The zero-order chi connectivity index (χ0) is 18.5. The molecule has 1 aliphatic rings. The summed E-state index contributed by atoms with van der Waals surface area (Å²) in [6, 6.07) is 9.81. The van der Waals surface area contributed by atoms with Crippen LogP contribution < -0.4 is 4.74 Å². The van der Waals surface area contributed by atoms with Gasteiger partial charge in [0.2, 0.25) is 0 Å². The molecule has 1 fully saturated rings. The Labute approximate surface area is 155 Å². The Morgan fingerprint density at radius 2 is 1.81 bits per heavy atom. The van der Waals surface area contributed by atoms with Gasteiger partial charge < -0.3 is 9.47 Å². The van der Waals surface area contributed by atoms with E-state index in [2.05, 4.69) is 4.74 Å². The maximum absolute atomic E-state index is 14.3. The molecule has 0 atom stereocenters. The van der Waals surface area contributed by atoms with Gasteiger partial charge in [0.25, 0.3) is 0 Å². The minimum absolute atomic E-state index is 0.144. The summed E-state index contributed by atoms with van der Waals surface area (Å²) in [5.41, 5.74) is 1.11. The number of ether oxygens (including phenoxy) is 2. The first-order chi connectivity index (χ1) is 12.6. The average Bonchev–Trinajstić information content (AvgIpc) is 3.13. The number of benzene rings is 2. The van der Waals surface area contributed by atoms with Gasteiger partial charge in [0.15, 0.2) is 0 Å². The third kappa shape index (κ3) is 4.55. The summed E-state index contributed by atoms with van der Waals surface area (Å²) in [6.07, 6.45) is 4.65. The first-order valence-corrected chi connectivity index (χ1v) is 9.51. The Bertz CT molecular complexity index is 765. The first-order valence-electron chi connectivity index (χ1n) is 8.52. The minimum atomic E-state index is -0.698. The zero-order valence-corrected chi connectivity index (χ0v) is 15.3. The van der Waals surface area contributed by atoms with Gasteiger partial charge >= 0.3 is 5.97 Å². The number of rotatable bonds is 6. The van der Waals surface area contributed by atoms with Crippen molar-refractivity contribution in [3.05, 3.63) is 48.0 Å². The third-order valence-electron chi connectivity index (χ3n) is 4.33.